The molecule has 1 atom stereocenters. The lowest BCUT2D eigenvalue weighted by molar-refractivity contribution is 0.355. The van der Waals surface area contributed by atoms with Gasteiger partial charge in [-0.1, -0.05) is 0 Å². The maximum atomic E-state index is 11.5. The summed E-state index contributed by atoms with van der Waals surface area (Å²) in [7, 11) is 0.205. The summed E-state index contributed by atoms with van der Waals surface area (Å²) in [6, 6.07) is 7.02. The topological polar surface area (TPSA) is 102 Å². The fraction of sp³-hybridized carbons (Fsp3) is 0.375. The van der Waals surface area contributed by atoms with Gasteiger partial charge in [-0.05, 0) is 24.6 Å². The number of methoxy groups -OCH3 is 2. The zero-order chi connectivity index (χ0) is 17.9. The van der Waals surface area contributed by atoms with Crippen LogP contribution in [-0.4, -0.2) is 50.2 Å². The van der Waals surface area contributed by atoms with Crippen LogP contribution in [0.2, 0.25) is 0 Å². The van der Waals surface area contributed by atoms with E-state index in [0.29, 0.717) is 29.7 Å². The van der Waals surface area contributed by atoms with E-state index in [1.54, 1.807) is 38.6 Å². The molecule has 1 aromatic heterocycles. The van der Waals surface area contributed by atoms with Crippen LogP contribution in [-0.2, 0) is 9.84 Å². The van der Waals surface area contributed by atoms with Crippen LogP contribution in [0.5, 0.6) is 11.5 Å². The first-order valence-corrected chi connectivity index (χ1v) is 9.60. The molecular formula is C16H20N4O4S. The number of anilines is 3. The zero-order valence-corrected chi connectivity index (χ0v) is 14.8. The molecule has 1 aliphatic heterocycles. The molecule has 2 heterocycles. The Morgan fingerprint density at radius 3 is 2.64 bits per heavy atom. The molecule has 1 fully saturated rings. The van der Waals surface area contributed by atoms with Gasteiger partial charge in [0, 0.05) is 24.0 Å². The first-order chi connectivity index (χ1) is 12.0. The van der Waals surface area contributed by atoms with E-state index in [1.165, 1.54) is 0 Å². The van der Waals surface area contributed by atoms with Gasteiger partial charge in [-0.25, -0.2) is 13.4 Å². The Morgan fingerprint density at radius 1 is 1.16 bits per heavy atom. The second kappa shape index (κ2) is 7.14. The third-order valence-electron chi connectivity index (χ3n) is 3.88. The van der Waals surface area contributed by atoms with Crippen LogP contribution < -0.4 is 20.1 Å². The molecule has 0 amide bonds. The van der Waals surface area contributed by atoms with Crippen molar-refractivity contribution in [1.29, 1.82) is 0 Å². The molecule has 1 saturated heterocycles. The van der Waals surface area contributed by atoms with Crippen LogP contribution in [0.1, 0.15) is 6.42 Å². The molecule has 0 saturated carbocycles. The standard InChI is InChI=1S/C16H20N4O4S/c1-23-13-4-3-11(9-14(13)24-2)18-15-5-7-17-16(20-15)19-12-6-8-25(21,22)10-12/h3-5,7,9,12H,6,8,10H2,1-2H3,(H2,17,18,19,20). The Morgan fingerprint density at radius 2 is 1.96 bits per heavy atom. The van der Waals surface area contributed by atoms with E-state index in [9.17, 15) is 8.42 Å². The average molecular weight is 364 g/mol. The summed E-state index contributed by atoms with van der Waals surface area (Å²) in [5.74, 6) is 2.55. The Balaban J connectivity index is 1.71. The molecule has 1 unspecified atom stereocenters. The van der Waals surface area contributed by atoms with Crippen molar-refractivity contribution < 1.29 is 17.9 Å². The van der Waals surface area contributed by atoms with Crippen molar-refractivity contribution >= 4 is 27.3 Å². The highest BCUT2D eigenvalue weighted by atomic mass is 32.2. The van der Waals surface area contributed by atoms with Crippen LogP contribution in [0.25, 0.3) is 0 Å². The van der Waals surface area contributed by atoms with E-state index in [0.717, 1.165) is 5.69 Å². The third kappa shape index (κ3) is 4.30. The van der Waals surface area contributed by atoms with Gasteiger partial charge >= 0.3 is 0 Å². The third-order valence-corrected chi connectivity index (χ3v) is 5.65. The quantitative estimate of drug-likeness (QED) is 0.800. The molecule has 0 aliphatic carbocycles. The van der Waals surface area contributed by atoms with Crippen LogP contribution >= 0.6 is 0 Å². The molecule has 8 nitrogen and oxygen atoms in total. The molecule has 0 spiro atoms. The smallest absolute Gasteiger partial charge is 0.224 e. The number of nitrogens with zero attached hydrogens (tertiary/aromatic N) is 2. The van der Waals surface area contributed by atoms with Gasteiger partial charge in [-0.15, -0.1) is 0 Å². The van der Waals surface area contributed by atoms with Crippen LogP contribution in [0.4, 0.5) is 17.5 Å². The molecule has 1 aromatic carbocycles. The number of sulfone groups is 1. The highest BCUT2D eigenvalue weighted by Gasteiger charge is 2.28. The molecule has 0 bridgehead atoms. The van der Waals surface area contributed by atoms with Gasteiger partial charge in [0.15, 0.2) is 21.3 Å². The monoisotopic (exact) mass is 364 g/mol. The second-order valence-corrected chi connectivity index (χ2v) is 7.93. The molecule has 2 aromatic rings. The van der Waals surface area contributed by atoms with Gasteiger partial charge in [0.05, 0.1) is 25.7 Å². The number of rotatable bonds is 6. The molecule has 1 aliphatic rings. The predicted molar refractivity (Wildman–Crippen MR) is 95.5 cm³/mol. The lowest BCUT2D eigenvalue weighted by atomic mass is 10.2. The lowest BCUT2D eigenvalue weighted by Gasteiger charge is -2.13. The van der Waals surface area contributed by atoms with Gasteiger partial charge in [-0.2, -0.15) is 4.98 Å². The molecule has 25 heavy (non-hydrogen) atoms. The minimum Gasteiger partial charge on any atom is -0.493 e. The second-order valence-electron chi connectivity index (χ2n) is 5.70. The minimum absolute atomic E-state index is 0.115. The zero-order valence-electron chi connectivity index (χ0n) is 14.0. The van der Waals surface area contributed by atoms with Crippen molar-refractivity contribution in [1.82, 2.24) is 9.97 Å². The van der Waals surface area contributed by atoms with Crippen LogP contribution in [0.3, 0.4) is 0 Å². The predicted octanol–water partition coefficient (Wildman–Crippen LogP) is 1.84. The van der Waals surface area contributed by atoms with E-state index in [2.05, 4.69) is 20.6 Å². The highest BCUT2D eigenvalue weighted by Crippen LogP contribution is 2.30. The number of aromatic nitrogens is 2. The Labute approximate surface area is 146 Å². The van der Waals surface area contributed by atoms with Crippen molar-refractivity contribution in [2.45, 2.75) is 12.5 Å². The maximum Gasteiger partial charge on any atom is 0.224 e. The summed E-state index contributed by atoms with van der Waals surface area (Å²) in [5.41, 5.74) is 0.783. The van der Waals surface area contributed by atoms with Crippen LogP contribution in [0.15, 0.2) is 30.5 Å². The minimum atomic E-state index is -2.95. The number of benzene rings is 1. The van der Waals surface area contributed by atoms with E-state index in [-0.39, 0.29) is 17.5 Å². The van der Waals surface area contributed by atoms with Gasteiger partial charge in [-0.3, -0.25) is 0 Å². The first kappa shape index (κ1) is 17.3. The molecule has 0 radical (unpaired) electrons. The largest absolute Gasteiger partial charge is 0.493 e. The van der Waals surface area contributed by atoms with Gasteiger partial charge in [0.2, 0.25) is 5.95 Å². The number of hydrogen-bond acceptors (Lipinski definition) is 8. The van der Waals surface area contributed by atoms with Crippen molar-refractivity contribution in [2.75, 3.05) is 36.4 Å². The number of nitrogens with one attached hydrogen (secondary N) is 2. The summed E-state index contributed by atoms with van der Waals surface area (Å²) in [4.78, 5) is 8.53. The fourth-order valence-electron chi connectivity index (χ4n) is 2.65. The fourth-order valence-corrected chi connectivity index (χ4v) is 4.32. The summed E-state index contributed by atoms with van der Waals surface area (Å²) < 4.78 is 33.6. The summed E-state index contributed by atoms with van der Waals surface area (Å²) in [6.45, 7) is 0. The van der Waals surface area contributed by atoms with Crippen molar-refractivity contribution in [3.63, 3.8) is 0 Å². The molecule has 2 N–H and O–H groups in total. The lowest BCUT2D eigenvalue weighted by Crippen LogP contribution is -2.22. The summed E-state index contributed by atoms with van der Waals surface area (Å²) >= 11 is 0. The highest BCUT2D eigenvalue weighted by molar-refractivity contribution is 7.91. The average Bonchev–Trinajstić information content (AvgIpc) is 2.93. The Kier molecular flexibility index (Phi) is 4.93. The van der Waals surface area contributed by atoms with Gasteiger partial charge in [0.1, 0.15) is 5.82 Å². The van der Waals surface area contributed by atoms with E-state index in [4.69, 9.17) is 9.47 Å². The molecule has 9 heteroatoms. The summed E-state index contributed by atoms with van der Waals surface area (Å²) in [5, 5.41) is 6.24. The van der Waals surface area contributed by atoms with Gasteiger partial charge < -0.3 is 20.1 Å². The maximum absolute atomic E-state index is 11.5. The molecule has 3 rings (SSSR count). The van der Waals surface area contributed by atoms with Crippen molar-refractivity contribution in [3.8, 4) is 11.5 Å². The normalized spacial score (nSPS) is 18.6. The van der Waals surface area contributed by atoms with E-state index in [1.807, 2.05) is 6.07 Å². The van der Waals surface area contributed by atoms with Gasteiger partial charge in [0.25, 0.3) is 0 Å². The SMILES string of the molecule is COc1ccc(Nc2ccnc(NC3CCS(=O)(=O)C3)n2)cc1OC. The first-order valence-electron chi connectivity index (χ1n) is 7.78. The van der Waals surface area contributed by atoms with Crippen LogP contribution in [0, 0.1) is 0 Å². The molecular weight excluding hydrogens is 344 g/mol. The number of ether oxygens (including phenoxy) is 2. The van der Waals surface area contributed by atoms with E-state index >= 15 is 0 Å². The Bertz CT molecular complexity index is 857. The summed E-state index contributed by atoms with van der Waals surface area (Å²) in [6.07, 6.45) is 2.18. The van der Waals surface area contributed by atoms with Crippen molar-refractivity contribution in [2.24, 2.45) is 0 Å². The molecule has 134 valence electrons. The van der Waals surface area contributed by atoms with E-state index < -0.39 is 9.84 Å². The van der Waals surface area contributed by atoms with Crippen molar-refractivity contribution in [3.05, 3.63) is 30.5 Å². The Hall–Kier alpha value is -2.55. The number of hydrogen-bond donors (Lipinski definition) is 2.